The van der Waals surface area contributed by atoms with Crippen LogP contribution in [0.3, 0.4) is 0 Å². The monoisotopic (exact) mass is 2150 g/mol. The maximum atomic E-state index is 14.4. The molecular formula is C102H110Cl4F10N28O6. The summed E-state index contributed by atoms with van der Waals surface area (Å²) in [6.45, 7) is 24.7. The van der Waals surface area contributed by atoms with Crippen LogP contribution in [0, 0.1) is 37.1 Å². The Morgan fingerprint density at radius 3 is 1.06 bits per heavy atom. The summed E-state index contributed by atoms with van der Waals surface area (Å²) < 4.78 is 146. The minimum atomic E-state index is -4.51. The van der Waals surface area contributed by atoms with E-state index in [0.717, 1.165) is 158 Å². The van der Waals surface area contributed by atoms with E-state index >= 15 is 0 Å². The van der Waals surface area contributed by atoms with Crippen LogP contribution in [0.2, 0.25) is 20.1 Å². The van der Waals surface area contributed by atoms with Gasteiger partial charge < -0.3 is 59.3 Å². The first-order valence-corrected chi connectivity index (χ1v) is 49.6. The Hall–Kier alpha value is -13.3. The molecule has 12 aromatic rings. The summed E-state index contributed by atoms with van der Waals surface area (Å²) in [5, 5.41) is 56.9. The number of phenolic OH excluding ortho intramolecular Hbond substituents is 2. The number of hydrogen-bond acceptors (Lipinski definition) is 34. The fourth-order valence-electron chi connectivity index (χ4n) is 17.3. The third-order valence-corrected chi connectivity index (χ3v) is 26.4. The van der Waals surface area contributed by atoms with Gasteiger partial charge in [0.1, 0.15) is 11.5 Å². The van der Waals surface area contributed by atoms with E-state index in [-0.39, 0.29) is 92.9 Å². The normalized spacial score (nSPS) is 16.1. The molecule has 34 nitrogen and oxygen atoms in total. The van der Waals surface area contributed by atoms with E-state index in [2.05, 4.69) is 161 Å². The number of hydrogen-bond donors (Lipinski definition) is 8. The van der Waals surface area contributed by atoms with Gasteiger partial charge in [-0.2, -0.15) is 66.7 Å². The Morgan fingerprint density at radius 2 is 0.687 bits per heavy atom. The third kappa shape index (κ3) is 30.6. The number of nitrogens with one attached hydrogen (secondary N) is 4. The molecule has 0 bridgehead atoms. The molecule has 0 amide bonds. The number of morpholine rings is 2. The maximum absolute atomic E-state index is 14.4. The molecule has 6 saturated heterocycles. The van der Waals surface area contributed by atoms with Crippen molar-refractivity contribution in [3.8, 4) is 56.0 Å². The summed E-state index contributed by atoms with van der Waals surface area (Å²) >= 11 is 26.1. The zero-order valence-electron chi connectivity index (χ0n) is 82.2. The van der Waals surface area contributed by atoms with E-state index in [1.807, 2.05) is 30.0 Å². The first kappa shape index (κ1) is 111. The van der Waals surface area contributed by atoms with Crippen molar-refractivity contribution in [1.29, 1.82) is 0 Å². The van der Waals surface area contributed by atoms with Gasteiger partial charge in [0, 0.05) is 202 Å². The van der Waals surface area contributed by atoms with Crippen molar-refractivity contribution in [1.82, 2.24) is 79.2 Å². The number of piperazine rings is 4. The lowest BCUT2D eigenvalue weighted by Gasteiger charge is -2.35. The van der Waals surface area contributed by atoms with Gasteiger partial charge in [0.05, 0.1) is 122 Å². The van der Waals surface area contributed by atoms with Crippen LogP contribution in [0.15, 0.2) is 179 Å². The standard InChI is InChI=1S/C28H32Cl2FN7O2.C27H32ClFN8O.C24H23ClF4N6O2.C23H23F4N7O/c1-18-11-19(17-37-5-3-36(2)4-6-37)12-22(29)25(18)20-13-21(26(39)23(30)14-20)15-33-35-28-32-16-24(31)27(34-28)38-7-9-40-10-8-38;1-19-13-20(18-36-7-5-35(2)6-8-36)14-23(28)25(19)21-3-4-30-22(15-21)16-32-34-27-31-17-24(29)26(33-27)37-9-11-38-12-10-37;25-19-12-16(15-2-1-3-18(11-15)24(27,28)29)10-17(21(19)37)13-31-33-23-30-14-20(26)22(32-23)35-6-4-34(5-7-35)8-9-36;24-20-15-29-22(31-21(20)34-8-6-33(7-9-34)10-11-35)32-30-14-19-13-17(4-5-28-19)16-2-1-3-18(12-16)23(25,26)27/h11-16,39H,3-10,17H2,1-2H3,(H,32,34,35);3-4,13-17H,5-12,18H2,1-2H3,(H,31,33,34);1-3,10-14,36-37H,4-9H2,(H,30,32,33);1-5,12-15,35H,6-11H2,(H,29,31,32)/b33-15+;32-16+;31-13+;30-14+. The van der Waals surface area contributed by atoms with E-state index < -0.39 is 46.7 Å². The molecule has 0 unspecified atom stereocenters. The number of alkyl halides is 6. The largest absolute Gasteiger partial charge is 0.506 e. The van der Waals surface area contributed by atoms with Crippen molar-refractivity contribution in [2.24, 2.45) is 20.4 Å². The van der Waals surface area contributed by atoms with Crippen molar-refractivity contribution in [3.63, 3.8) is 0 Å². The highest BCUT2D eigenvalue weighted by atomic mass is 35.5. The number of hydrazone groups is 4. The summed E-state index contributed by atoms with van der Waals surface area (Å²) in [5.41, 5.74) is 20.3. The van der Waals surface area contributed by atoms with E-state index in [4.69, 9.17) is 66.1 Å². The van der Waals surface area contributed by atoms with Crippen LogP contribution >= 0.6 is 46.4 Å². The lowest BCUT2D eigenvalue weighted by molar-refractivity contribution is -0.138. The van der Waals surface area contributed by atoms with Crippen molar-refractivity contribution >= 4 is 118 Å². The molecule has 8 N–H and O–H groups in total. The number of aliphatic hydroxyl groups excluding tert-OH is 2. The topological polar surface area (TPSA) is 358 Å². The average molecular weight is 2160 g/mol. The molecule has 6 aromatic heterocycles. The molecule has 6 aliphatic heterocycles. The SMILES string of the molecule is Cc1cc(CN2CCN(C)CC2)cc(Cl)c1-c1cc(Cl)c(O)c(/C=N/Nc2ncc(F)c(N3CCOCC3)n2)c1.Cc1cc(CN2CCN(C)CC2)cc(Cl)c1-c1ccnc(/C=N/Nc2ncc(F)c(N3CCOCC3)n2)c1.OCCN1CCN(c2nc(N/N=C/c3cc(-c4cccc(C(F)(F)F)c4)cc(Cl)c3O)ncc2F)CC1.OCCN1CCN(c2nc(N/N=C/c3cc(-c4cccc(C(F)(F)F)c4)ccn3)ncc2F)CC1. The van der Waals surface area contributed by atoms with Crippen molar-refractivity contribution in [2.45, 2.75) is 39.3 Å². The number of aliphatic hydroxyl groups is 2. The van der Waals surface area contributed by atoms with Gasteiger partial charge in [-0.05, 0) is 169 Å². The number of β-amino-alcohol motifs (C(OH)–C–C–N with tert-alkyl or cyclic N) is 2. The lowest BCUT2D eigenvalue weighted by Crippen LogP contribution is -2.47. The number of halogens is 14. The molecule has 6 fully saturated rings. The average Bonchev–Trinajstić information content (AvgIpc) is 0.792. The fourth-order valence-corrected chi connectivity index (χ4v) is 18.6. The molecule has 150 heavy (non-hydrogen) atoms. The number of ether oxygens (including phenoxy) is 2. The van der Waals surface area contributed by atoms with Gasteiger partial charge in [0.25, 0.3) is 0 Å². The van der Waals surface area contributed by atoms with Gasteiger partial charge in [-0.25, -0.2) is 59.2 Å². The highest BCUT2D eigenvalue weighted by molar-refractivity contribution is 6.35. The van der Waals surface area contributed by atoms with Gasteiger partial charge in [-0.15, -0.1) is 0 Å². The van der Waals surface area contributed by atoms with Crippen LogP contribution < -0.4 is 41.3 Å². The summed E-state index contributed by atoms with van der Waals surface area (Å²) in [7, 11) is 4.31. The van der Waals surface area contributed by atoms with Crippen molar-refractivity contribution in [2.75, 3.05) is 239 Å². The number of anilines is 8. The number of rotatable bonds is 28. The quantitative estimate of drug-likeness (QED) is 0.0128. The molecule has 0 aliphatic carbocycles. The second kappa shape index (κ2) is 52.4. The Labute approximate surface area is 878 Å². The molecule has 0 atom stereocenters. The zero-order chi connectivity index (χ0) is 106. The Morgan fingerprint density at radius 1 is 0.360 bits per heavy atom. The number of aromatic nitrogens is 10. The molecule has 6 aromatic carbocycles. The molecule has 792 valence electrons. The number of aryl methyl sites for hydroxylation is 2. The van der Waals surface area contributed by atoms with E-state index in [1.54, 1.807) is 57.4 Å². The lowest BCUT2D eigenvalue weighted by atomic mass is 9.96. The van der Waals surface area contributed by atoms with Gasteiger partial charge in [-0.3, -0.25) is 29.6 Å². The van der Waals surface area contributed by atoms with Crippen LogP contribution in [0.1, 0.15) is 55.9 Å². The first-order chi connectivity index (χ1) is 72.2. The first-order valence-electron chi connectivity index (χ1n) is 48.0. The van der Waals surface area contributed by atoms with Gasteiger partial charge in [-0.1, -0.05) is 82.8 Å². The Kier molecular flexibility index (Phi) is 38.7. The second-order valence-corrected chi connectivity index (χ2v) is 37.5. The van der Waals surface area contributed by atoms with Gasteiger partial charge in [0.2, 0.25) is 23.8 Å². The smallest absolute Gasteiger partial charge is 0.416 e. The Bertz CT molecular complexity index is 6690. The second-order valence-electron chi connectivity index (χ2n) is 35.8. The van der Waals surface area contributed by atoms with Crippen LogP contribution in [-0.4, -0.2) is 322 Å². The zero-order valence-corrected chi connectivity index (χ0v) is 85.2. The number of phenols is 2. The highest BCUT2D eigenvalue weighted by Gasteiger charge is 2.34. The molecular weight excluding hydrogens is 2050 g/mol. The summed E-state index contributed by atoms with van der Waals surface area (Å²) in [6.07, 6.45) is 4.16. The van der Waals surface area contributed by atoms with Gasteiger partial charge in [0.15, 0.2) is 46.5 Å². The summed E-state index contributed by atoms with van der Waals surface area (Å²) in [5.74, 6) is -1.47. The number of nitrogens with zero attached hydrogens (tertiary/aromatic N) is 24. The molecule has 18 rings (SSSR count). The minimum Gasteiger partial charge on any atom is -0.506 e. The number of likely N-dealkylation sites (N-methyl/N-ethyl adjacent to an activating group) is 2. The fraction of sp³-hybridized carbons (Fsp3) is 0.353. The molecule has 0 spiro atoms. The van der Waals surface area contributed by atoms with E-state index in [1.165, 1.54) is 60.7 Å². The van der Waals surface area contributed by atoms with Gasteiger partial charge >= 0.3 is 12.4 Å². The minimum absolute atomic E-state index is 0.00468. The summed E-state index contributed by atoms with van der Waals surface area (Å²) in [6, 6.07) is 31.5. The summed E-state index contributed by atoms with van der Waals surface area (Å²) in [4.78, 5) is 62.2. The predicted molar refractivity (Wildman–Crippen MR) is 562 cm³/mol. The number of aromatic hydroxyl groups is 2. The molecule has 12 heterocycles. The third-order valence-electron chi connectivity index (χ3n) is 25.2. The van der Waals surface area contributed by atoms with Crippen LogP contribution in [-0.2, 0) is 34.9 Å². The number of pyridine rings is 2. The van der Waals surface area contributed by atoms with Crippen molar-refractivity contribution in [3.05, 3.63) is 258 Å². The maximum Gasteiger partial charge on any atom is 0.416 e. The molecule has 0 saturated carbocycles. The van der Waals surface area contributed by atoms with E-state index in [0.29, 0.717) is 157 Å². The molecule has 48 heteroatoms. The van der Waals surface area contributed by atoms with Crippen LogP contribution in [0.25, 0.3) is 44.5 Å². The molecule has 6 aliphatic rings. The van der Waals surface area contributed by atoms with Crippen molar-refractivity contribution < 1.29 is 73.8 Å². The van der Waals surface area contributed by atoms with E-state index in [9.17, 15) is 54.1 Å². The van der Waals surface area contributed by atoms with Crippen LogP contribution in [0.5, 0.6) is 11.5 Å². The van der Waals surface area contributed by atoms with Crippen LogP contribution in [0.4, 0.5) is 91.0 Å². The highest BCUT2D eigenvalue weighted by Crippen LogP contribution is 2.42. The predicted octanol–water partition coefficient (Wildman–Crippen LogP) is 15.8. The Balaban J connectivity index is 0.000000150. The number of benzene rings is 6. The molecule has 0 radical (unpaired) electrons.